The topological polar surface area (TPSA) is 44.5 Å². The van der Waals surface area contributed by atoms with Crippen molar-refractivity contribution in [1.29, 1.82) is 0 Å². The van der Waals surface area contributed by atoms with Crippen molar-refractivity contribution in [2.45, 2.75) is 56.6 Å². The van der Waals surface area contributed by atoms with Crippen molar-refractivity contribution in [3.05, 3.63) is 0 Å². The Hall–Kier alpha value is -0.120. The summed E-state index contributed by atoms with van der Waals surface area (Å²) >= 11 is 0. The van der Waals surface area contributed by atoms with E-state index in [1.54, 1.807) is 0 Å². The first kappa shape index (κ1) is 11.9. The number of nitrogens with two attached hydrogens (primary N) is 1. The molecule has 3 fully saturated rings. The number of rotatable bonds is 1. The van der Waals surface area contributed by atoms with Gasteiger partial charge in [0.05, 0.1) is 5.60 Å². The second-order valence-electron chi connectivity index (χ2n) is 6.23. The van der Waals surface area contributed by atoms with Gasteiger partial charge in [0.25, 0.3) is 0 Å². The van der Waals surface area contributed by atoms with Crippen molar-refractivity contribution in [2.24, 2.45) is 17.6 Å². The Morgan fingerprint density at radius 3 is 2.47 bits per heavy atom. The summed E-state index contributed by atoms with van der Waals surface area (Å²) in [5.41, 5.74) is 6.21. The van der Waals surface area contributed by atoms with E-state index in [1.165, 1.54) is 32.1 Å². The molecule has 0 radical (unpaired) electrons. The highest BCUT2D eigenvalue weighted by Gasteiger charge is 2.42. The zero-order chi connectivity index (χ0) is 11.7. The third-order valence-electron chi connectivity index (χ3n) is 5.12. The van der Waals surface area contributed by atoms with Gasteiger partial charge in [-0.3, -0.25) is 0 Å². The molecule has 1 spiro atoms. The van der Waals surface area contributed by atoms with Crippen LogP contribution < -0.4 is 5.73 Å². The molecule has 3 nitrogen and oxygen atoms in total. The summed E-state index contributed by atoms with van der Waals surface area (Å²) in [6.45, 7) is 2.73. The van der Waals surface area contributed by atoms with Crippen LogP contribution in [0.25, 0.3) is 0 Å². The predicted molar refractivity (Wildman–Crippen MR) is 66.8 cm³/mol. The average Bonchev–Trinajstić information content (AvgIpc) is 2.77. The minimum Gasteiger partial charge on any atom is -0.381 e. The summed E-state index contributed by atoms with van der Waals surface area (Å²) < 4.78 is 11.6. The molecule has 17 heavy (non-hydrogen) atoms. The monoisotopic (exact) mass is 239 g/mol. The van der Waals surface area contributed by atoms with E-state index in [9.17, 15) is 0 Å². The fourth-order valence-electron chi connectivity index (χ4n) is 4.04. The lowest BCUT2D eigenvalue weighted by atomic mass is 9.75. The molecule has 1 aliphatic carbocycles. The van der Waals surface area contributed by atoms with Gasteiger partial charge in [-0.1, -0.05) is 0 Å². The molecule has 2 heterocycles. The Morgan fingerprint density at radius 1 is 0.941 bits per heavy atom. The maximum atomic E-state index is 6.11. The summed E-state index contributed by atoms with van der Waals surface area (Å²) in [7, 11) is 0. The molecule has 2 saturated heterocycles. The van der Waals surface area contributed by atoms with Gasteiger partial charge in [-0.05, 0) is 56.8 Å². The highest BCUT2D eigenvalue weighted by atomic mass is 16.5. The molecule has 0 amide bonds. The van der Waals surface area contributed by atoms with E-state index in [0.717, 1.165) is 44.5 Å². The maximum absolute atomic E-state index is 6.11. The lowest BCUT2D eigenvalue weighted by molar-refractivity contribution is -0.152. The van der Waals surface area contributed by atoms with Crippen molar-refractivity contribution in [3.8, 4) is 0 Å². The molecule has 2 N–H and O–H groups in total. The molecular formula is C14H25NO2. The van der Waals surface area contributed by atoms with Crippen LogP contribution in [0.3, 0.4) is 0 Å². The van der Waals surface area contributed by atoms with Crippen LogP contribution in [-0.2, 0) is 9.47 Å². The van der Waals surface area contributed by atoms with Gasteiger partial charge < -0.3 is 15.2 Å². The van der Waals surface area contributed by atoms with E-state index in [1.807, 2.05) is 0 Å². The van der Waals surface area contributed by atoms with Gasteiger partial charge in [0.15, 0.2) is 0 Å². The number of hydrogen-bond donors (Lipinski definition) is 1. The third-order valence-corrected chi connectivity index (χ3v) is 5.12. The van der Waals surface area contributed by atoms with Crippen molar-refractivity contribution in [2.75, 3.05) is 19.8 Å². The lowest BCUT2D eigenvalue weighted by Gasteiger charge is -2.45. The second-order valence-corrected chi connectivity index (χ2v) is 6.23. The van der Waals surface area contributed by atoms with Gasteiger partial charge in [0.2, 0.25) is 0 Å². The molecule has 3 atom stereocenters. The lowest BCUT2D eigenvalue weighted by Crippen LogP contribution is -2.45. The number of hydrogen-bond acceptors (Lipinski definition) is 3. The Labute approximate surface area is 104 Å². The molecule has 0 bridgehead atoms. The van der Waals surface area contributed by atoms with Crippen LogP contribution in [0.4, 0.5) is 0 Å². The van der Waals surface area contributed by atoms with Crippen molar-refractivity contribution < 1.29 is 9.47 Å². The molecule has 1 saturated carbocycles. The van der Waals surface area contributed by atoms with Crippen LogP contribution in [0, 0.1) is 11.8 Å². The van der Waals surface area contributed by atoms with Crippen LogP contribution in [-0.4, -0.2) is 31.5 Å². The van der Waals surface area contributed by atoms with Crippen LogP contribution in [0.15, 0.2) is 0 Å². The molecule has 3 aliphatic rings. The van der Waals surface area contributed by atoms with E-state index in [0.29, 0.717) is 6.04 Å². The average molecular weight is 239 g/mol. The van der Waals surface area contributed by atoms with Gasteiger partial charge in [0.1, 0.15) is 0 Å². The van der Waals surface area contributed by atoms with Crippen molar-refractivity contribution in [3.63, 3.8) is 0 Å². The smallest absolute Gasteiger partial charge is 0.0729 e. The van der Waals surface area contributed by atoms with Crippen LogP contribution in [0.1, 0.15) is 44.9 Å². The Kier molecular flexibility index (Phi) is 3.42. The second kappa shape index (κ2) is 4.87. The normalized spacial score (nSPS) is 41.8. The Bertz CT molecular complexity index is 257. The van der Waals surface area contributed by atoms with E-state index < -0.39 is 0 Å². The summed E-state index contributed by atoms with van der Waals surface area (Å²) in [5.74, 6) is 1.73. The maximum Gasteiger partial charge on any atom is 0.0729 e. The van der Waals surface area contributed by atoms with Crippen LogP contribution in [0.2, 0.25) is 0 Å². The van der Waals surface area contributed by atoms with Crippen molar-refractivity contribution in [1.82, 2.24) is 0 Å². The van der Waals surface area contributed by atoms with Gasteiger partial charge >= 0.3 is 0 Å². The minimum atomic E-state index is 0.161. The van der Waals surface area contributed by atoms with Crippen LogP contribution in [0.5, 0.6) is 0 Å². The molecule has 0 aromatic carbocycles. The molecule has 3 rings (SSSR count). The molecule has 98 valence electrons. The van der Waals surface area contributed by atoms with Gasteiger partial charge in [-0.25, -0.2) is 0 Å². The standard InChI is InChI=1S/C14H25NO2/c15-13-2-1-11(9-13)12-3-6-17-14(10-12)4-7-16-8-5-14/h11-13H,1-10,15H2. The van der Waals surface area contributed by atoms with E-state index in [-0.39, 0.29) is 5.60 Å². The first-order valence-corrected chi connectivity index (χ1v) is 7.25. The summed E-state index contributed by atoms with van der Waals surface area (Å²) in [6, 6.07) is 0.466. The highest BCUT2D eigenvalue weighted by Crippen LogP contribution is 2.43. The molecule has 0 aromatic heterocycles. The van der Waals surface area contributed by atoms with Gasteiger partial charge in [0, 0.05) is 25.9 Å². The fourth-order valence-corrected chi connectivity index (χ4v) is 4.04. The summed E-state index contributed by atoms with van der Waals surface area (Å²) in [4.78, 5) is 0. The molecular weight excluding hydrogens is 214 g/mol. The SMILES string of the molecule is NC1CCC(C2CCOC3(CCOCC3)C2)C1. The van der Waals surface area contributed by atoms with Crippen LogP contribution >= 0.6 is 0 Å². The summed E-state index contributed by atoms with van der Waals surface area (Å²) in [5, 5.41) is 0. The molecule has 3 unspecified atom stereocenters. The highest BCUT2D eigenvalue weighted by molar-refractivity contribution is 4.93. The van der Waals surface area contributed by atoms with Gasteiger partial charge in [-0.2, -0.15) is 0 Å². The van der Waals surface area contributed by atoms with E-state index in [2.05, 4.69) is 0 Å². The van der Waals surface area contributed by atoms with Crippen molar-refractivity contribution >= 4 is 0 Å². The fraction of sp³-hybridized carbons (Fsp3) is 1.00. The quantitative estimate of drug-likeness (QED) is 0.762. The molecule has 0 aromatic rings. The Balaban J connectivity index is 1.62. The zero-order valence-electron chi connectivity index (χ0n) is 10.7. The largest absolute Gasteiger partial charge is 0.381 e. The zero-order valence-corrected chi connectivity index (χ0v) is 10.7. The first-order chi connectivity index (χ1) is 8.27. The Morgan fingerprint density at radius 2 is 1.76 bits per heavy atom. The molecule has 3 heteroatoms. The predicted octanol–water partition coefficient (Wildman–Crippen LogP) is 2.09. The number of ether oxygens (including phenoxy) is 2. The minimum absolute atomic E-state index is 0.161. The third kappa shape index (κ3) is 2.51. The molecule has 2 aliphatic heterocycles. The van der Waals surface area contributed by atoms with Gasteiger partial charge in [-0.15, -0.1) is 0 Å². The summed E-state index contributed by atoms with van der Waals surface area (Å²) in [6.07, 6.45) is 8.53. The first-order valence-electron chi connectivity index (χ1n) is 7.25. The van der Waals surface area contributed by atoms with E-state index in [4.69, 9.17) is 15.2 Å². The van der Waals surface area contributed by atoms with E-state index >= 15 is 0 Å².